The van der Waals surface area contributed by atoms with Crippen LogP contribution in [0, 0.1) is 6.92 Å². The van der Waals surface area contributed by atoms with Crippen LogP contribution in [0.4, 0.5) is 0 Å². The minimum atomic E-state index is 0.215. The molecular weight excluding hydrogens is 198 g/mol. The van der Waals surface area contributed by atoms with Crippen molar-refractivity contribution in [2.24, 2.45) is 0 Å². The maximum absolute atomic E-state index is 11.3. The Bertz CT molecular complexity index is 440. The van der Waals surface area contributed by atoms with Gasteiger partial charge in [0.15, 0.2) is 0 Å². The van der Waals surface area contributed by atoms with E-state index in [9.17, 15) is 4.79 Å². The second-order valence-electron chi connectivity index (χ2n) is 5.22. The highest BCUT2D eigenvalue weighted by Crippen LogP contribution is 2.43. The first-order valence-corrected chi connectivity index (χ1v) is 6.06. The van der Waals surface area contributed by atoms with Crippen molar-refractivity contribution < 1.29 is 4.79 Å². The summed E-state index contributed by atoms with van der Waals surface area (Å²) in [6, 6.07) is 6.77. The number of carbonyl (C=O) groups excluding carboxylic acids is 1. The molecule has 1 unspecified atom stereocenters. The Balaban J connectivity index is 2.01. The highest BCUT2D eigenvalue weighted by atomic mass is 16.1. The SMILES string of the molecule is Cc1ccc2c(c1)C1(CCC(=O)NC1)CC2. The molecule has 1 aliphatic carbocycles. The molecule has 0 radical (unpaired) electrons. The van der Waals surface area contributed by atoms with Gasteiger partial charge in [-0.15, -0.1) is 0 Å². The van der Waals surface area contributed by atoms with E-state index >= 15 is 0 Å². The summed E-state index contributed by atoms with van der Waals surface area (Å²) in [6.45, 7) is 2.98. The Morgan fingerprint density at radius 1 is 1.25 bits per heavy atom. The van der Waals surface area contributed by atoms with Crippen molar-refractivity contribution in [2.45, 2.75) is 38.0 Å². The van der Waals surface area contributed by atoms with Crippen LogP contribution >= 0.6 is 0 Å². The van der Waals surface area contributed by atoms with Gasteiger partial charge in [-0.3, -0.25) is 4.79 Å². The average molecular weight is 215 g/mol. The van der Waals surface area contributed by atoms with Gasteiger partial charge in [-0.1, -0.05) is 23.8 Å². The maximum Gasteiger partial charge on any atom is 0.220 e. The smallest absolute Gasteiger partial charge is 0.220 e. The predicted molar refractivity (Wildman–Crippen MR) is 63.4 cm³/mol. The van der Waals surface area contributed by atoms with E-state index in [-0.39, 0.29) is 11.3 Å². The van der Waals surface area contributed by atoms with Crippen molar-refractivity contribution in [3.05, 3.63) is 34.9 Å². The number of benzene rings is 1. The average Bonchev–Trinajstić information content (AvgIpc) is 2.62. The van der Waals surface area contributed by atoms with Crippen LogP contribution in [-0.2, 0) is 16.6 Å². The van der Waals surface area contributed by atoms with Crippen molar-refractivity contribution in [1.29, 1.82) is 0 Å². The van der Waals surface area contributed by atoms with E-state index in [4.69, 9.17) is 0 Å². The summed E-state index contributed by atoms with van der Waals surface area (Å²) in [5.74, 6) is 0.215. The summed E-state index contributed by atoms with van der Waals surface area (Å²) < 4.78 is 0. The van der Waals surface area contributed by atoms with Gasteiger partial charge in [-0.25, -0.2) is 0 Å². The van der Waals surface area contributed by atoms with Gasteiger partial charge in [0.05, 0.1) is 0 Å². The van der Waals surface area contributed by atoms with Crippen LogP contribution in [0.5, 0.6) is 0 Å². The topological polar surface area (TPSA) is 29.1 Å². The number of piperidine rings is 1. The molecule has 1 aromatic carbocycles. The molecule has 2 aliphatic rings. The molecule has 0 saturated carbocycles. The Labute approximate surface area is 96.1 Å². The quantitative estimate of drug-likeness (QED) is 0.705. The minimum absolute atomic E-state index is 0.215. The van der Waals surface area contributed by atoms with Gasteiger partial charge in [0.1, 0.15) is 0 Å². The number of rotatable bonds is 0. The highest BCUT2D eigenvalue weighted by Gasteiger charge is 2.41. The van der Waals surface area contributed by atoms with Crippen LogP contribution in [0.25, 0.3) is 0 Å². The summed E-state index contributed by atoms with van der Waals surface area (Å²) in [4.78, 5) is 11.3. The molecule has 3 rings (SSSR count). The van der Waals surface area contributed by atoms with E-state index in [0.29, 0.717) is 6.42 Å². The van der Waals surface area contributed by atoms with Gasteiger partial charge in [0.2, 0.25) is 5.91 Å². The van der Waals surface area contributed by atoms with E-state index < -0.39 is 0 Å². The molecule has 1 aromatic rings. The number of nitrogens with one attached hydrogen (secondary N) is 1. The zero-order chi connectivity index (χ0) is 11.2. The molecular formula is C14H17NO. The van der Waals surface area contributed by atoms with E-state index in [0.717, 1.165) is 13.0 Å². The number of carbonyl (C=O) groups is 1. The van der Waals surface area contributed by atoms with Crippen molar-refractivity contribution in [1.82, 2.24) is 5.32 Å². The lowest BCUT2D eigenvalue weighted by Crippen LogP contribution is -2.44. The molecule has 1 N–H and O–H groups in total. The van der Waals surface area contributed by atoms with Crippen LogP contribution in [0.3, 0.4) is 0 Å². The first-order chi connectivity index (χ1) is 7.70. The number of fused-ring (bicyclic) bond motifs is 2. The van der Waals surface area contributed by atoms with Crippen molar-refractivity contribution in [2.75, 3.05) is 6.54 Å². The lowest BCUT2D eigenvalue weighted by Gasteiger charge is -2.34. The van der Waals surface area contributed by atoms with Crippen LogP contribution in [0.2, 0.25) is 0 Å². The van der Waals surface area contributed by atoms with Crippen LogP contribution in [-0.4, -0.2) is 12.5 Å². The van der Waals surface area contributed by atoms with Gasteiger partial charge in [0, 0.05) is 18.4 Å². The molecule has 1 saturated heterocycles. The Morgan fingerprint density at radius 2 is 2.06 bits per heavy atom. The lowest BCUT2D eigenvalue weighted by molar-refractivity contribution is -0.123. The van der Waals surface area contributed by atoms with Crippen molar-refractivity contribution >= 4 is 5.91 Å². The van der Waals surface area contributed by atoms with E-state index in [1.165, 1.54) is 29.5 Å². The van der Waals surface area contributed by atoms with Crippen LogP contribution < -0.4 is 5.32 Å². The first-order valence-electron chi connectivity index (χ1n) is 6.06. The minimum Gasteiger partial charge on any atom is -0.355 e. The zero-order valence-electron chi connectivity index (χ0n) is 9.68. The normalized spacial score (nSPS) is 27.9. The molecule has 0 bridgehead atoms. The van der Waals surface area contributed by atoms with Crippen LogP contribution in [0.15, 0.2) is 18.2 Å². The standard InChI is InChI=1S/C14H17NO/c1-10-2-3-11-4-6-14(12(11)8-10)7-5-13(16)15-9-14/h2-3,8H,4-7,9H2,1H3,(H,15,16). The van der Waals surface area contributed by atoms with E-state index in [2.05, 4.69) is 30.4 Å². The fourth-order valence-corrected chi connectivity index (χ4v) is 3.15. The maximum atomic E-state index is 11.3. The molecule has 2 nitrogen and oxygen atoms in total. The molecule has 1 spiro atoms. The Kier molecular flexibility index (Phi) is 2.06. The summed E-state index contributed by atoms with van der Waals surface area (Å²) in [5, 5.41) is 3.04. The molecule has 16 heavy (non-hydrogen) atoms. The van der Waals surface area contributed by atoms with Gasteiger partial charge in [0.25, 0.3) is 0 Å². The van der Waals surface area contributed by atoms with E-state index in [1.54, 1.807) is 0 Å². The van der Waals surface area contributed by atoms with Crippen LogP contribution in [0.1, 0.15) is 36.0 Å². The fraction of sp³-hybridized carbons (Fsp3) is 0.500. The monoisotopic (exact) mass is 215 g/mol. The first kappa shape index (κ1) is 9.88. The second-order valence-corrected chi connectivity index (χ2v) is 5.22. The summed E-state index contributed by atoms with van der Waals surface area (Å²) in [5.41, 5.74) is 4.56. The molecule has 1 heterocycles. The zero-order valence-corrected chi connectivity index (χ0v) is 9.68. The van der Waals surface area contributed by atoms with Gasteiger partial charge in [-0.05, 0) is 37.3 Å². The number of aryl methyl sites for hydroxylation is 2. The number of amides is 1. The molecule has 2 heteroatoms. The van der Waals surface area contributed by atoms with E-state index in [1.807, 2.05) is 0 Å². The molecule has 1 atom stereocenters. The molecule has 1 fully saturated rings. The van der Waals surface area contributed by atoms with Gasteiger partial charge < -0.3 is 5.32 Å². The van der Waals surface area contributed by atoms with Gasteiger partial charge in [-0.2, -0.15) is 0 Å². The Morgan fingerprint density at radius 3 is 2.81 bits per heavy atom. The molecule has 1 amide bonds. The second kappa shape index (κ2) is 3.34. The molecule has 0 aromatic heterocycles. The Hall–Kier alpha value is -1.31. The largest absolute Gasteiger partial charge is 0.355 e. The molecule has 84 valence electrons. The predicted octanol–water partition coefficient (Wildman–Crippen LogP) is 2.09. The molecule has 1 aliphatic heterocycles. The lowest BCUT2D eigenvalue weighted by atomic mass is 9.75. The van der Waals surface area contributed by atoms with Crippen molar-refractivity contribution in [3.63, 3.8) is 0 Å². The van der Waals surface area contributed by atoms with Gasteiger partial charge >= 0.3 is 0 Å². The summed E-state index contributed by atoms with van der Waals surface area (Å²) in [7, 11) is 0. The fourth-order valence-electron chi connectivity index (χ4n) is 3.15. The summed E-state index contributed by atoms with van der Waals surface area (Å²) >= 11 is 0. The third-order valence-corrected chi connectivity index (χ3v) is 4.16. The summed E-state index contributed by atoms with van der Waals surface area (Å²) in [6.07, 6.45) is 4.08. The highest BCUT2D eigenvalue weighted by molar-refractivity contribution is 5.77. The third kappa shape index (κ3) is 1.36. The van der Waals surface area contributed by atoms with Crippen molar-refractivity contribution in [3.8, 4) is 0 Å². The number of hydrogen-bond donors (Lipinski definition) is 1. The number of hydrogen-bond acceptors (Lipinski definition) is 1. The third-order valence-electron chi connectivity index (χ3n) is 4.16.